The van der Waals surface area contributed by atoms with Crippen molar-refractivity contribution in [3.8, 4) is 0 Å². The third-order valence-electron chi connectivity index (χ3n) is 2.55. The molecule has 0 saturated heterocycles. The molecule has 0 spiro atoms. The van der Waals surface area contributed by atoms with Gasteiger partial charge in [0.05, 0.1) is 0 Å². The second kappa shape index (κ2) is 4.75. The molecule has 0 radical (unpaired) electrons. The van der Waals surface area contributed by atoms with Crippen LogP contribution in [0.1, 0.15) is 18.2 Å². The lowest BCUT2D eigenvalue weighted by Gasteiger charge is -2.10. The van der Waals surface area contributed by atoms with E-state index < -0.39 is 0 Å². The van der Waals surface area contributed by atoms with Crippen LogP contribution >= 0.6 is 0 Å². The van der Waals surface area contributed by atoms with Crippen LogP contribution in [0.5, 0.6) is 0 Å². The first-order valence-corrected chi connectivity index (χ1v) is 5.43. The zero-order valence-corrected chi connectivity index (χ0v) is 9.57. The molecule has 1 aromatic carbocycles. The number of benzene rings is 1. The Bertz CT molecular complexity index is 466. The number of para-hydroxylation sites is 1. The second-order valence-electron chi connectivity index (χ2n) is 3.63. The summed E-state index contributed by atoms with van der Waals surface area (Å²) in [5, 5.41) is 3.31. The van der Waals surface area contributed by atoms with Crippen LogP contribution in [0.25, 0.3) is 0 Å². The molecule has 0 unspecified atom stereocenters. The molecular formula is C13H15N3. The molecule has 3 nitrogen and oxygen atoms in total. The number of aromatic nitrogens is 2. The van der Waals surface area contributed by atoms with Crippen LogP contribution in [0.4, 0.5) is 11.5 Å². The average Bonchev–Trinajstić information content (AvgIpc) is 2.31. The number of rotatable bonds is 3. The predicted octanol–water partition coefficient (Wildman–Crippen LogP) is 3.09. The lowest BCUT2D eigenvalue weighted by molar-refractivity contribution is 1.000. The number of nitrogens with zero attached hydrogens (tertiary/aromatic N) is 2. The van der Waals surface area contributed by atoms with E-state index in [1.54, 1.807) is 6.33 Å². The molecule has 0 saturated carbocycles. The minimum Gasteiger partial charge on any atom is -0.340 e. The molecule has 0 aliphatic rings. The number of hydrogen-bond donors (Lipinski definition) is 1. The highest BCUT2D eigenvalue weighted by molar-refractivity contribution is 5.59. The highest BCUT2D eigenvalue weighted by Gasteiger charge is 2.05. The summed E-state index contributed by atoms with van der Waals surface area (Å²) < 4.78 is 0. The fourth-order valence-electron chi connectivity index (χ4n) is 1.69. The number of anilines is 2. The van der Waals surface area contributed by atoms with Crippen LogP contribution in [-0.4, -0.2) is 9.97 Å². The summed E-state index contributed by atoms with van der Waals surface area (Å²) in [6.07, 6.45) is 2.53. The van der Waals surface area contributed by atoms with Crippen molar-refractivity contribution in [2.45, 2.75) is 20.3 Å². The van der Waals surface area contributed by atoms with Gasteiger partial charge in [-0.3, -0.25) is 0 Å². The van der Waals surface area contributed by atoms with Gasteiger partial charge in [-0.15, -0.1) is 0 Å². The summed E-state index contributed by atoms with van der Waals surface area (Å²) in [5.41, 5.74) is 3.26. The first-order valence-electron chi connectivity index (χ1n) is 5.43. The molecule has 16 heavy (non-hydrogen) atoms. The van der Waals surface area contributed by atoms with E-state index in [9.17, 15) is 0 Å². The maximum atomic E-state index is 4.28. The van der Waals surface area contributed by atoms with E-state index >= 15 is 0 Å². The van der Waals surface area contributed by atoms with E-state index in [1.807, 2.05) is 37.3 Å². The van der Waals surface area contributed by atoms with Crippen LogP contribution < -0.4 is 5.32 Å². The van der Waals surface area contributed by atoms with Gasteiger partial charge in [0, 0.05) is 16.9 Å². The fourth-order valence-corrected chi connectivity index (χ4v) is 1.69. The zero-order chi connectivity index (χ0) is 11.4. The minimum absolute atomic E-state index is 0.904. The number of hydrogen-bond acceptors (Lipinski definition) is 3. The highest BCUT2D eigenvalue weighted by Crippen LogP contribution is 2.19. The predicted molar refractivity (Wildman–Crippen MR) is 65.9 cm³/mol. The molecule has 1 heterocycles. The lowest BCUT2D eigenvalue weighted by atomic mass is 10.1. The highest BCUT2D eigenvalue weighted by atomic mass is 15.0. The van der Waals surface area contributed by atoms with Crippen LogP contribution in [0.2, 0.25) is 0 Å². The van der Waals surface area contributed by atoms with Crippen molar-refractivity contribution in [3.05, 3.63) is 47.9 Å². The van der Waals surface area contributed by atoms with Gasteiger partial charge in [-0.25, -0.2) is 9.97 Å². The van der Waals surface area contributed by atoms with Gasteiger partial charge in [0.15, 0.2) is 0 Å². The zero-order valence-electron chi connectivity index (χ0n) is 9.57. The van der Waals surface area contributed by atoms with Crippen LogP contribution in [-0.2, 0) is 6.42 Å². The molecule has 2 aromatic rings. The Morgan fingerprint density at radius 2 is 1.88 bits per heavy atom. The number of aryl methyl sites for hydroxylation is 1. The third kappa shape index (κ3) is 2.19. The minimum atomic E-state index is 0.904. The molecule has 0 bridgehead atoms. The van der Waals surface area contributed by atoms with Crippen molar-refractivity contribution in [2.24, 2.45) is 0 Å². The van der Waals surface area contributed by atoms with Gasteiger partial charge in [-0.2, -0.15) is 0 Å². The van der Waals surface area contributed by atoms with Crippen molar-refractivity contribution in [3.63, 3.8) is 0 Å². The normalized spacial score (nSPS) is 10.1. The number of nitrogens with one attached hydrogen (secondary N) is 1. The largest absolute Gasteiger partial charge is 0.340 e. The molecule has 3 heteroatoms. The van der Waals surface area contributed by atoms with Gasteiger partial charge in [-0.05, 0) is 25.5 Å². The van der Waals surface area contributed by atoms with Crippen molar-refractivity contribution in [1.29, 1.82) is 0 Å². The van der Waals surface area contributed by atoms with Crippen molar-refractivity contribution < 1.29 is 0 Å². The van der Waals surface area contributed by atoms with E-state index in [1.165, 1.54) is 5.56 Å². The summed E-state index contributed by atoms with van der Waals surface area (Å²) in [6.45, 7) is 4.12. The molecule has 0 amide bonds. The second-order valence-corrected chi connectivity index (χ2v) is 3.63. The van der Waals surface area contributed by atoms with Gasteiger partial charge in [0.2, 0.25) is 0 Å². The Hall–Kier alpha value is -1.90. The van der Waals surface area contributed by atoms with E-state index in [0.717, 1.165) is 23.6 Å². The summed E-state index contributed by atoms with van der Waals surface area (Å²) in [6, 6.07) is 10.1. The molecular weight excluding hydrogens is 198 g/mol. The molecule has 2 rings (SSSR count). The van der Waals surface area contributed by atoms with Crippen molar-refractivity contribution >= 4 is 11.5 Å². The van der Waals surface area contributed by atoms with Crippen LogP contribution in [0, 0.1) is 6.92 Å². The molecule has 0 aliphatic carbocycles. The van der Waals surface area contributed by atoms with E-state index in [2.05, 4.69) is 22.2 Å². The maximum Gasteiger partial charge on any atom is 0.137 e. The third-order valence-corrected chi connectivity index (χ3v) is 2.55. The Labute approximate surface area is 95.6 Å². The lowest BCUT2D eigenvalue weighted by Crippen LogP contribution is -2.02. The standard InChI is InChI=1S/C13H15N3/c1-3-12-10(2)14-9-15-13(12)16-11-7-5-4-6-8-11/h4-9H,3H2,1-2H3,(H,14,15,16). The topological polar surface area (TPSA) is 37.8 Å². The molecule has 1 N–H and O–H groups in total. The van der Waals surface area contributed by atoms with Gasteiger partial charge >= 0.3 is 0 Å². The molecule has 1 aromatic heterocycles. The SMILES string of the molecule is CCc1c(C)ncnc1Nc1ccccc1. The molecule has 0 aliphatic heterocycles. The summed E-state index contributed by atoms with van der Waals surface area (Å²) in [7, 11) is 0. The Kier molecular flexibility index (Phi) is 3.15. The smallest absolute Gasteiger partial charge is 0.137 e. The van der Waals surface area contributed by atoms with E-state index in [4.69, 9.17) is 0 Å². The van der Waals surface area contributed by atoms with E-state index in [-0.39, 0.29) is 0 Å². The average molecular weight is 213 g/mol. The van der Waals surface area contributed by atoms with Gasteiger partial charge in [-0.1, -0.05) is 25.1 Å². The first kappa shape index (κ1) is 10.6. The summed E-state index contributed by atoms with van der Waals surface area (Å²) in [4.78, 5) is 8.48. The Morgan fingerprint density at radius 1 is 1.12 bits per heavy atom. The summed E-state index contributed by atoms with van der Waals surface area (Å²) >= 11 is 0. The van der Waals surface area contributed by atoms with E-state index in [0.29, 0.717) is 0 Å². The Morgan fingerprint density at radius 3 is 2.56 bits per heavy atom. The van der Waals surface area contributed by atoms with Gasteiger partial charge < -0.3 is 5.32 Å². The first-order chi connectivity index (χ1) is 7.81. The molecule has 82 valence electrons. The summed E-state index contributed by atoms with van der Waals surface area (Å²) in [5.74, 6) is 0.904. The monoisotopic (exact) mass is 213 g/mol. The Balaban J connectivity index is 2.31. The van der Waals surface area contributed by atoms with Crippen LogP contribution in [0.3, 0.4) is 0 Å². The molecule has 0 atom stereocenters. The fraction of sp³-hybridized carbons (Fsp3) is 0.231. The molecule has 0 fully saturated rings. The van der Waals surface area contributed by atoms with Crippen molar-refractivity contribution in [1.82, 2.24) is 9.97 Å². The maximum absolute atomic E-state index is 4.28. The van der Waals surface area contributed by atoms with Gasteiger partial charge in [0.25, 0.3) is 0 Å². The van der Waals surface area contributed by atoms with Crippen molar-refractivity contribution in [2.75, 3.05) is 5.32 Å². The quantitative estimate of drug-likeness (QED) is 0.851. The van der Waals surface area contributed by atoms with Gasteiger partial charge in [0.1, 0.15) is 12.1 Å². The van der Waals surface area contributed by atoms with Crippen LogP contribution in [0.15, 0.2) is 36.7 Å².